The number of imidazole rings is 1. The molecule has 3 heteroatoms. The molecule has 0 bridgehead atoms. The standard InChI is InChI=1S/C4H6N2.Cu/c1-4-5-2-3-6-4;/h2-3H,1H3,(H,5,6);/q;+2. The van der Waals surface area contributed by atoms with Gasteiger partial charge in [0.1, 0.15) is 5.82 Å². The van der Waals surface area contributed by atoms with Crippen molar-refractivity contribution in [2.45, 2.75) is 6.92 Å². The number of nitrogens with one attached hydrogen (secondary N) is 1. The first kappa shape index (κ1) is 6.73. The van der Waals surface area contributed by atoms with Gasteiger partial charge in [0, 0.05) is 12.4 Å². The van der Waals surface area contributed by atoms with Gasteiger partial charge in [0.25, 0.3) is 0 Å². The Balaban J connectivity index is 0.000000360. The van der Waals surface area contributed by atoms with Crippen molar-refractivity contribution in [1.82, 2.24) is 9.97 Å². The fourth-order valence-corrected chi connectivity index (χ4v) is 0.344. The van der Waals surface area contributed by atoms with Crippen molar-refractivity contribution in [3.63, 3.8) is 0 Å². The van der Waals surface area contributed by atoms with Crippen molar-refractivity contribution >= 4 is 0 Å². The molecule has 1 N–H and O–H groups in total. The minimum Gasteiger partial charge on any atom is -0.349 e. The van der Waals surface area contributed by atoms with Crippen LogP contribution in [0.25, 0.3) is 0 Å². The third kappa shape index (κ3) is 1.76. The molecule has 7 heavy (non-hydrogen) atoms. The maximum Gasteiger partial charge on any atom is 2.00 e. The van der Waals surface area contributed by atoms with Crippen LogP contribution in [-0.4, -0.2) is 9.97 Å². The summed E-state index contributed by atoms with van der Waals surface area (Å²) in [5.41, 5.74) is 0. The molecule has 1 radical (unpaired) electrons. The van der Waals surface area contributed by atoms with Crippen LogP contribution < -0.4 is 0 Å². The number of nitrogens with zero attached hydrogens (tertiary/aromatic N) is 1. The smallest absolute Gasteiger partial charge is 0.349 e. The Bertz CT molecular complexity index is 113. The minimum absolute atomic E-state index is 0. The van der Waals surface area contributed by atoms with Crippen molar-refractivity contribution in [1.29, 1.82) is 0 Å². The maximum atomic E-state index is 3.86. The molecule has 0 saturated carbocycles. The number of hydrogen-bond donors (Lipinski definition) is 1. The van der Waals surface area contributed by atoms with Crippen LogP contribution in [0.15, 0.2) is 12.4 Å². The summed E-state index contributed by atoms with van der Waals surface area (Å²) >= 11 is 0. The third-order valence-corrected chi connectivity index (χ3v) is 0.635. The molecule has 0 aliphatic rings. The summed E-state index contributed by atoms with van der Waals surface area (Å²) in [5.74, 6) is 0.968. The van der Waals surface area contributed by atoms with Crippen molar-refractivity contribution < 1.29 is 17.1 Å². The Labute approximate surface area is 52.8 Å². The first-order chi connectivity index (χ1) is 2.89. The van der Waals surface area contributed by atoms with Crippen molar-refractivity contribution in [2.75, 3.05) is 0 Å². The summed E-state index contributed by atoms with van der Waals surface area (Å²) in [6, 6.07) is 0. The van der Waals surface area contributed by atoms with Crippen LogP contribution in [0.2, 0.25) is 0 Å². The Morgan fingerprint density at radius 2 is 2.43 bits per heavy atom. The number of rotatable bonds is 0. The molecule has 0 unspecified atom stereocenters. The number of aromatic nitrogens is 2. The van der Waals surface area contributed by atoms with Gasteiger partial charge in [-0.2, -0.15) is 0 Å². The zero-order valence-corrected chi connectivity index (χ0v) is 4.85. The molecule has 1 rings (SSSR count). The Hall–Kier alpha value is -0.271. The largest absolute Gasteiger partial charge is 2.00 e. The van der Waals surface area contributed by atoms with Gasteiger partial charge < -0.3 is 4.98 Å². The predicted octanol–water partition coefficient (Wildman–Crippen LogP) is 0.716. The first-order valence-corrected chi connectivity index (χ1v) is 1.85. The van der Waals surface area contributed by atoms with Gasteiger partial charge in [-0.3, -0.25) is 0 Å². The van der Waals surface area contributed by atoms with E-state index in [-0.39, 0.29) is 17.1 Å². The zero-order chi connectivity index (χ0) is 4.41. The number of aromatic amines is 1. The topological polar surface area (TPSA) is 28.7 Å². The van der Waals surface area contributed by atoms with Crippen molar-refractivity contribution in [3.05, 3.63) is 18.2 Å². The van der Waals surface area contributed by atoms with Gasteiger partial charge in [0.2, 0.25) is 0 Å². The molecule has 1 aromatic rings. The number of hydrogen-bond acceptors (Lipinski definition) is 1. The Morgan fingerprint density at radius 3 is 2.57 bits per heavy atom. The summed E-state index contributed by atoms with van der Waals surface area (Å²) in [4.78, 5) is 6.75. The van der Waals surface area contributed by atoms with Crippen LogP contribution in [0.4, 0.5) is 0 Å². The van der Waals surface area contributed by atoms with Crippen molar-refractivity contribution in [2.24, 2.45) is 0 Å². The number of aryl methyl sites for hydroxylation is 1. The molecule has 0 aromatic carbocycles. The van der Waals surface area contributed by atoms with E-state index in [0.717, 1.165) is 5.82 Å². The molecule has 0 amide bonds. The molecule has 0 spiro atoms. The summed E-state index contributed by atoms with van der Waals surface area (Å²) in [5, 5.41) is 0. The summed E-state index contributed by atoms with van der Waals surface area (Å²) in [7, 11) is 0. The third-order valence-electron chi connectivity index (χ3n) is 0.635. The van der Waals surface area contributed by atoms with E-state index in [1.165, 1.54) is 0 Å². The van der Waals surface area contributed by atoms with Gasteiger partial charge in [0.05, 0.1) is 0 Å². The Morgan fingerprint density at radius 1 is 1.71 bits per heavy atom. The van der Waals surface area contributed by atoms with E-state index in [1.54, 1.807) is 12.4 Å². The van der Waals surface area contributed by atoms with E-state index in [9.17, 15) is 0 Å². The second-order valence-electron chi connectivity index (χ2n) is 1.17. The van der Waals surface area contributed by atoms with Gasteiger partial charge in [-0.1, -0.05) is 0 Å². The fourth-order valence-electron chi connectivity index (χ4n) is 0.344. The summed E-state index contributed by atoms with van der Waals surface area (Å²) < 4.78 is 0. The average molecular weight is 146 g/mol. The first-order valence-electron chi connectivity index (χ1n) is 1.85. The quantitative estimate of drug-likeness (QED) is 0.536. The molecule has 1 heterocycles. The van der Waals surface area contributed by atoms with Gasteiger partial charge in [0.15, 0.2) is 0 Å². The average Bonchev–Trinajstić information content (AvgIpc) is 1.86. The van der Waals surface area contributed by atoms with Crippen molar-refractivity contribution in [3.8, 4) is 0 Å². The van der Waals surface area contributed by atoms with Crippen LogP contribution in [0, 0.1) is 6.92 Å². The van der Waals surface area contributed by atoms with Crippen LogP contribution in [-0.2, 0) is 17.1 Å². The molecule has 0 atom stereocenters. The van der Waals surface area contributed by atoms with Crippen LogP contribution in [0.3, 0.4) is 0 Å². The van der Waals surface area contributed by atoms with Gasteiger partial charge in [-0.15, -0.1) is 0 Å². The molecule has 0 fully saturated rings. The molecular weight excluding hydrogens is 140 g/mol. The Kier molecular flexibility index (Phi) is 2.72. The molecule has 0 aliphatic carbocycles. The fraction of sp³-hybridized carbons (Fsp3) is 0.250. The SMILES string of the molecule is Cc1ncc[nH]1.[Cu+2]. The molecule has 0 saturated heterocycles. The van der Waals surface area contributed by atoms with E-state index in [0.29, 0.717) is 0 Å². The van der Waals surface area contributed by atoms with E-state index in [1.807, 2.05) is 6.92 Å². The number of H-pyrrole nitrogens is 1. The molecule has 41 valence electrons. The molecule has 1 aromatic heterocycles. The minimum atomic E-state index is 0. The van der Waals surface area contributed by atoms with Crippen LogP contribution in [0.5, 0.6) is 0 Å². The summed E-state index contributed by atoms with van der Waals surface area (Å²) in [6.45, 7) is 1.92. The van der Waals surface area contributed by atoms with E-state index < -0.39 is 0 Å². The van der Waals surface area contributed by atoms with Crippen LogP contribution >= 0.6 is 0 Å². The van der Waals surface area contributed by atoms with E-state index >= 15 is 0 Å². The van der Waals surface area contributed by atoms with E-state index in [2.05, 4.69) is 9.97 Å². The monoisotopic (exact) mass is 145 g/mol. The zero-order valence-electron chi connectivity index (χ0n) is 3.90. The second-order valence-corrected chi connectivity index (χ2v) is 1.17. The molecule has 2 nitrogen and oxygen atoms in total. The van der Waals surface area contributed by atoms with Gasteiger partial charge in [-0.05, 0) is 6.92 Å². The summed E-state index contributed by atoms with van der Waals surface area (Å²) in [6.07, 6.45) is 3.53. The van der Waals surface area contributed by atoms with Gasteiger partial charge >= 0.3 is 17.1 Å². The van der Waals surface area contributed by atoms with E-state index in [4.69, 9.17) is 0 Å². The normalized spacial score (nSPS) is 7.57. The predicted molar refractivity (Wildman–Crippen MR) is 23.3 cm³/mol. The molecule has 0 aliphatic heterocycles. The van der Waals surface area contributed by atoms with Crippen LogP contribution in [0.1, 0.15) is 5.82 Å². The van der Waals surface area contributed by atoms with Gasteiger partial charge in [-0.25, -0.2) is 4.98 Å². The second kappa shape index (κ2) is 2.83. The maximum absolute atomic E-state index is 3.86. The molecular formula is C4H6CuN2+2.